The number of benzene rings is 3. The van der Waals surface area contributed by atoms with Crippen LogP contribution >= 0.6 is 0 Å². The smallest absolute Gasteiger partial charge is 0.408 e. The molecule has 3 amide bonds. The van der Waals surface area contributed by atoms with Gasteiger partial charge in [-0.1, -0.05) is 68.5 Å². The number of fused-ring (bicyclic) bond motifs is 1. The van der Waals surface area contributed by atoms with Crippen molar-refractivity contribution in [3.63, 3.8) is 0 Å². The molecule has 0 aliphatic heterocycles. The molecule has 7 heteroatoms. The maximum Gasteiger partial charge on any atom is 0.408 e. The summed E-state index contributed by atoms with van der Waals surface area (Å²) in [7, 11) is 0. The van der Waals surface area contributed by atoms with Gasteiger partial charge in [0.15, 0.2) is 0 Å². The maximum absolute atomic E-state index is 14.2. The quantitative estimate of drug-likeness (QED) is 0.294. The van der Waals surface area contributed by atoms with E-state index >= 15 is 0 Å². The fourth-order valence-electron chi connectivity index (χ4n) is 4.75. The number of nitrogens with zero attached hydrogens (tertiary/aromatic N) is 1. The lowest BCUT2D eigenvalue weighted by Crippen LogP contribution is -2.54. The lowest BCUT2D eigenvalue weighted by atomic mass is 9.92. The predicted octanol–water partition coefficient (Wildman–Crippen LogP) is 6.70. The average molecular weight is 544 g/mol. The molecule has 2 N–H and O–H groups in total. The number of carbonyl (C=O) groups is 3. The molecule has 212 valence electrons. The maximum atomic E-state index is 14.2. The summed E-state index contributed by atoms with van der Waals surface area (Å²) in [6, 6.07) is 17.5. The molecule has 0 radical (unpaired) electrons. The van der Waals surface area contributed by atoms with Gasteiger partial charge in [0.25, 0.3) is 5.91 Å². The second-order valence-corrected chi connectivity index (χ2v) is 11.4. The number of ether oxygens (including phenoxy) is 1. The van der Waals surface area contributed by atoms with E-state index in [1.807, 2.05) is 88.4 Å². The number of hydrogen-bond donors (Lipinski definition) is 2. The van der Waals surface area contributed by atoms with Gasteiger partial charge in [-0.2, -0.15) is 0 Å². The summed E-state index contributed by atoms with van der Waals surface area (Å²) in [5, 5.41) is 7.83. The molecule has 2 atom stereocenters. The van der Waals surface area contributed by atoms with Crippen LogP contribution in [0.5, 0.6) is 0 Å². The topological polar surface area (TPSA) is 87.7 Å². The average Bonchev–Trinajstić information content (AvgIpc) is 2.87. The van der Waals surface area contributed by atoms with Gasteiger partial charge in [0, 0.05) is 12.2 Å². The number of alkyl carbamates (subject to hydrolysis) is 1. The minimum absolute atomic E-state index is 0.0988. The molecule has 7 nitrogen and oxygen atoms in total. The van der Waals surface area contributed by atoms with Crippen LogP contribution < -0.4 is 10.6 Å². The molecule has 0 saturated heterocycles. The predicted molar refractivity (Wildman–Crippen MR) is 161 cm³/mol. The fourth-order valence-corrected chi connectivity index (χ4v) is 4.75. The first-order valence-electron chi connectivity index (χ1n) is 13.6. The highest BCUT2D eigenvalue weighted by atomic mass is 16.6. The van der Waals surface area contributed by atoms with Crippen LogP contribution in [0.3, 0.4) is 0 Å². The second kappa shape index (κ2) is 12.8. The third kappa shape index (κ3) is 7.50. The van der Waals surface area contributed by atoms with Gasteiger partial charge in [-0.3, -0.25) is 9.59 Å². The van der Waals surface area contributed by atoms with E-state index in [0.29, 0.717) is 5.69 Å². The standard InChI is InChI=1S/C33H41N3O4/c1-9-19-36(31(38)28(21(2)3)35-32(39)40-33(6,7)8)29(27-22(4)13-12-14-23(27)5)30(37)34-26-18-17-24-15-10-11-16-25(24)20-26/h9-18,20-21,28-29H,1,19H2,2-8H3,(H,34,37)(H,35,39). The van der Waals surface area contributed by atoms with Crippen molar-refractivity contribution in [3.05, 3.63) is 90.0 Å². The number of nitrogens with one attached hydrogen (secondary N) is 2. The van der Waals surface area contributed by atoms with Crippen molar-refractivity contribution in [2.75, 3.05) is 11.9 Å². The van der Waals surface area contributed by atoms with Crippen LogP contribution in [0.2, 0.25) is 0 Å². The van der Waals surface area contributed by atoms with Crippen LogP contribution in [-0.4, -0.2) is 41.0 Å². The minimum Gasteiger partial charge on any atom is -0.444 e. The fraction of sp³-hybridized carbons (Fsp3) is 0.364. The van der Waals surface area contributed by atoms with Crippen molar-refractivity contribution in [3.8, 4) is 0 Å². The van der Waals surface area contributed by atoms with Crippen molar-refractivity contribution in [1.82, 2.24) is 10.2 Å². The van der Waals surface area contributed by atoms with E-state index in [4.69, 9.17) is 4.74 Å². The van der Waals surface area contributed by atoms with Crippen molar-refractivity contribution in [2.45, 2.75) is 66.2 Å². The molecule has 3 rings (SSSR count). The Bertz CT molecular complexity index is 1370. The van der Waals surface area contributed by atoms with Crippen LogP contribution in [-0.2, 0) is 14.3 Å². The molecule has 3 aromatic carbocycles. The number of carbonyl (C=O) groups excluding carboxylic acids is 3. The van der Waals surface area contributed by atoms with E-state index in [9.17, 15) is 14.4 Å². The largest absolute Gasteiger partial charge is 0.444 e. The summed E-state index contributed by atoms with van der Waals surface area (Å²) < 4.78 is 5.43. The van der Waals surface area contributed by atoms with Crippen LogP contribution in [0.15, 0.2) is 73.3 Å². The number of hydrogen-bond acceptors (Lipinski definition) is 4. The summed E-state index contributed by atoms with van der Waals surface area (Å²) in [6.45, 7) is 16.8. The molecule has 0 aliphatic carbocycles. The highest BCUT2D eigenvalue weighted by Gasteiger charge is 2.38. The van der Waals surface area contributed by atoms with Gasteiger partial charge >= 0.3 is 6.09 Å². The first-order valence-corrected chi connectivity index (χ1v) is 13.6. The van der Waals surface area contributed by atoms with Crippen molar-refractivity contribution >= 4 is 34.4 Å². The summed E-state index contributed by atoms with van der Waals surface area (Å²) in [5.74, 6) is -1.03. The summed E-state index contributed by atoms with van der Waals surface area (Å²) in [4.78, 5) is 42.5. The SMILES string of the molecule is C=CCN(C(=O)C(NC(=O)OC(C)(C)C)C(C)C)C(C(=O)Nc1ccc2ccccc2c1)c1c(C)cccc1C. The number of amides is 3. The highest BCUT2D eigenvalue weighted by Crippen LogP contribution is 2.31. The third-order valence-corrected chi connectivity index (χ3v) is 6.61. The van der Waals surface area contributed by atoms with Crippen molar-refractivity contribution < 1.29 is 19.1 Å². The van der Waals surface area contributed by atoms with Gasteiger partial charge < -0.3 is 20.3 Å². The van der Waals surface area contributed by atoms with E-state index in [0.717, 1.165) is 27.5 Å². The van der Waals surface area contributed by atoms with Crippen molar-refractivity contribution in [2.24, 2.45) is 5.92 Å². The van der Waals surface area contributed by atoms with Crippen LogP contribution in [0, 0.1) is 19.8 Å². The van der Waals surface area contributed by atoms with Gasteiger partial charge in [-0.25, -0.2) is 4.79 Å². The number of rotatable bonds is 9. The molecular weight excluding hydrogens is 502 g/mol. The molecule has 0 saturated carbocycles. The van der Waals surface area contributed by atoms with Gasteiger partial charge in [0.2, 0.25) is 5.91 Å². The molecule has 0 aliphatic rings. The molecule has 0 heterocycles. The second-order valence-electron chi connectivity index (χ2n) is 11.4. The normalized spacial score (nSPS) is 12.9. The third-order valence-electron chi connectivity index (χ3n) is 6.61. The molecule has 2 unspecified atom stereocenters. The Balaban J connectivity index is 2.06. The van der Waals surface area contributed by atoms with Gasteiger partial charge in [-0.15, -0.1) is 6.58 Å². The van der Waals surface area contributed by atoms with Gasteiger partial charge in [0.1, 0.15) is 17.7 Å². The van der Waals surface area contributed by atoms with E-state index in [1.165, 1.54) is 4.90 Å². The molecule has 0 fully saturated rings. The molecule has 0 spiro atoms. The number of anilines is 1. The zero-order valence-electron chi connectivity index (χ0n) is 24.6. The first-order chi connectivity index (χ1) is 18.8. The molecule has 0 aromatic heterocycles. The van der Waals surface area contributed by atoms with Crippen LogP contribution in [0.4, 0.5) is 10.5 Å². The lowest BCUT2D eigenvalue weighted by molar-refractivity contribution is -0.141. The molecule has 40 heavy (non-hydrogen) atoms. The first kappa shape index (κ1) is 30.4. The summed E-state index contributed by atoms with van der Waals surface area (Å²) in [5.41, 5.74) is 2.38. The highest BCUT2D eigenvalue weighted by molar-refractivity contribution is 6.00. The van der Waals surface area contributed by atoms with Gasteiger partial charge in [0.05, 0.1) is 0 Å². The lowest BCUT2D eigenvalue weighted by Gasteiger charge is -2.36. The monoisotopic (exact) mass is 543 g/mol. The summed E-state index contributed by atoms with van der Waals surface area (Å²) >= 11 is 0. The Kier molecular flexibility index (Phi) is 9.74. The minimum atomic E-state index is -0.972. The van der Waals surface area contributed by atoms with E-state index in [1.54, 1.807) is 26.8 Å². The molecule has 3 aromatic rings. The van der Waals surface area contributed by atoms with E-state index in [2.05, 4.69) is 17.2 Å². The van der Waals surface area contributed by atoms with Gasteiger partial charge in [-0.05, 0) is 80.1 Å². The zero-order chi connectivity index (χ0) is 29.6. The van der Waals surface area contributed by atoms with Crippen molar-refractivity contribution in [1.29, 1.82) is 0 Å². The Morgan fingerprint density at radius 3 is 2.15 bits per heavy atom. The van der Waals surface area contributed by atoms with Crippen LogP contribution in [0.25, 0.3) is 10.8 Å². The zero-order valence-corrected chi connectivity index (χ0v) is 24.6. The number of aryl methyl sites for hydroxylation is 2. The molecular formula is C33H41N3O4. The Morgan fingerprint density at radius 2 is 1.57 bits per heavy atom. The summed E-state index contributed by atoms with van der Waals surface area (Å²) in [6.07, 6.45) is 0.898. The van der Waals surface area contributed by atoms with E-state index < -0.39 is 29.7 Å². The molecule has 0 bridgehead atoms. The Hall–Kier alpha value is -4.13. The van der Waals surface area contributed by atoms with E-state index in [-0.39, 0.29) is 18.4 Å². The Labute approximate surface area is 237 Å². The Morgan fingerprint density at radius 1 is 0.950 bits per heavy atom. The van der Waals surface area contributed by atoms with Crippen LogP contribution in [0.1, 0.15) is 57.4 Å².